The fourth-order valence-corrected chi connectivity index (χ4v) is 2.27. The molecular weight excluding hydrogens is 269 g/mol. The minimum atomic E-state index is -0.541. The number of hydrogen-bond acceptors (Lipinski definition) is 3. The highest BCUT2D eigenvalue weighted by atomic mass is 19.1. The van der Waals surface area contributed by atoms with E-state index in [2.05, 4.69) is 10.2 Å². The zero-order valence-corrected chi connectivity index (χ0v) is 10.9. The first-order valence-corrected chi connectivity index (χ1v) is 6.34. The Morgan fingerprint density at radius 2 is 1.95 bits per heavy atom. The number of aromatic nitrogens is 2. The number of nitriles is 1. The summed E-state index contributed by atoms with van der Waals surface area (Å²) >= 11 is 0. The van der Waals surface area contributed by atoms with Crippen LogP contribution in [0.15, 0.2) is 47.3 Å². The number of nitrogens with one attached hydrogen (secondary N) is 1. The van der Waals surface area contributed by atoms with Crippen molar-refractivity contribution in [1.82, 2.24) is 10.2 Å². The molecule has 0 aliphatic heterocycles. The van der Waals surface area contributed by atoms with Crippen LogP contribution in [0, 0.1) is 17.1 Å². The lowest BCUT2D eigenvalue weighted by Crippen LogP contribution is -2.11. The smallest absolute Gasteiger partial charge is 0.267 e. The van der Waals surface area contributed by atoms with Crippen LogP contribution in [0.2, 0.25) is 0 Å². The van der Waals surface area contributed by atoms with Crippen LogP contribution in [-0.4, -0.2) is 10.2 Å². The van der Waals surface area contributed by atoms with Gasteiger partial charge in [-0.15, -0.1) is 0 Å². The van der Waals surface area contributed by atoms with Gasteiger partial charge >= 0.3 is 0 Å². The average Bonchev–Trinajstić information content (AvgIpc) is 2.52. The summed E-state index contributed by atoms with van der Waals surface area (Å²) in [5, 5.41) is 16.7. The minimum Gasteiger partial charge on any atom is -0.267 e. The molecule has 0 aliphatic carbocycles. The number of aromatic amines is 1. The Morgan fingerprint density at radius 3 is 2.71 bits per heavy atom. The van der Waals surface area contributed by atoms with Gasteiger partial charge < -0.3 is 0 Å². The predicted octanol–water partition coefficient (Wildman–Crippen LogP) is 2.52. The number of hydrogen-bond donors (Lipinski definition) is 1. The van der Waals surface area contributed by atoms with Crippen LogP contribution in [0.1, 0.15) is 16.8 Å². The summed E-state index contributed by atoms with van der Waals surface area (Å²) in [6, 6.07) is 13.4. The quantitative estimate of drug-likeness (QED) is 0.783. The number of fused-ring (bicyclic) bond motifs is 1. The second kappa shape index (κ2) is 5.17. The lowest BCUT2D eigenvalue weighted by atomic mass is 10.0. The summed E-state index contributed by atoms with van der Waals surface area (Å²) in [5.41, 5.74) is 1.20. The summed E-state index contributed by atoms with van der Waals surface area (Å²) in [6.07, 6.45) is 0.409. The van der Waals surface area contributed by atoms with E-state index in [1.54, 1.807) is 18.2 Å². The Bertz CT molecular complexity index is 925. The van der Waals surface area contributed by atoms with Crippen molar-refractivity contribution >= 4 is 10.8 Å². The molecule has 3 aromatic rings. The fraction of sp³-hybridized carbons (Fsp3) is 0.0625. The first-order chi connectivity index (χ1) is 10.2. The Labute approximate surface area is 119 Å². The number of halogens is 1. The van der Waals surface area contributed by atoms with Crippen molar-refractivity contribution in [2.24, 2.45) is 0 Å². The summed E-state index contributed by atoms with van der Waals surface area (Å²) in [5.74, 6) is -0.541. The molecule has 4 nitrogen and oxygen atoms in total. The monoisotopic (exact) mass is 279 g/mol. The van der Waals surface area contributed by atoms with Crippen molar-refractivity contribution in [2.75, 3.05) is 0 Å². The van der Waals surface area contributed by atoms with E-state index in [0.29, 0.717) is 17.5 Å². The molecule has 5 heteroatoms. The number of rotatable bonds is 2. The molecule has 0 bridgehead atoms. The van der Waals surface area contributed by atoms with Gasteiger partial charge in [0, 0.05) is 11.8 Å². The van der Waals surface area contributed by atoms with Gasteiger partial charge in [-0.1, -0.05) is 24.3 Å². The highest BCUT2D eigenvalue weighted by molar-refractivity contribution is 5.83. The van der Waals surface area contributed by atoms with E-state index in [4.69, 9.17) is 5.26 Å². The maximum Gasteiger partial charge on any atom is 0.272 e. The van der Waals surface area contributed by atoms with E-state index in [0.717, 1.165) is 10.9 Å². The predicted molar refractivity (Wildman–Crippen MR) is 76.3 cm³/mol. The van der Waals surface area contributed by atoms with Crippen LogP contribution in [0.4, 0.5) is 4.39 Å². The third kappa shape index (κ3) is 2.39. The zero-order chi connectivity index (χ0) is 14.8. The molecular formula is C16H10FN3O. The lowest BCUT2D eigenvalue weighted by molar-refractivity contribution is 0.623. The number of benzene rings is 2. The maximum atomic E-state index is 13.3. The molecule has 0 saturated heterocycles. The van der Waals surface area contributed by atoms with E-state index in [9.17, 15) is 9.18 Å². The summed E-state index contributed by atoms with van der Waals surface area (Å²) < 4.78 is 13.3. The van der Waals surface area contributed by atoms with E-state index in [-0.39, 0.29) is 11.1 Å². The molecule has 1 heterocycles. The SMILES string of the molecule is N#Cc1cc(Cc2n[nH]c(=O)c3ccccc23)ccc1F. The van der Waals surface area contributed by atoms with Gasteiger partial charge in [-0.3, -0.25) is 4.79 Å². The van der Waals surface area contributed by atoms with Gasteiger partial charge in [0.15, 0.2) is 0 Å². The summed E-state index contributed by atoms with van der Waals surface area (Å²) in [6.45, 7) is 0. The molecule has 1 N–H and O–H groups in total. The summed E-state index contributed by atoms with van der Waals surface area (Å²) in [7, 11) is 0. The Balaban J connectivity index is 2.09. The minimum absolute atomic E-state index is 0.00114. The van der Waals surface area contributed by atoms with Crippen molar-refractivity contribution in [3.05, 3.63) is 75.5 Å². The van der Waals surface area contributed by atoms with Gasteiger partial charge in [-0.05, 0) is 23.8 Å². The van der Waals surface area contributed by atoms with Gasteiger partial charge in [0.25, 0.3) is 5.56 Å². The van der Waals surface area contributed by atoms with Crippen LogP contribution in [-0.2, 0) is 6.42 Å². The second-order valence-electron chi connectivity index (χ2n) is 4.65. The molecule has 0 unspecified atom stereocenters. The van der Waals surface area contributed by atoms with Crippen molar-refractivity contribution in [2.45, 2.75) is 6.42 Å². The molecule has 0 aliphatic rings. The highest BCUT2D eigenvalue weighted by Gasteiger charge is 2.08. The van der Waals surface area contributed by atoms with Crippen molar-refractivity contribution in [3.63, 3.8) is 0 Å². The third-order valence-electron chi connectivity index (χ3n) is 3.30. The molecule has 1 aromatic heterocycles. The van der Waals surface area contributed by atoms with Gasteiger partial charge in [0.05, 0.1) is 16.6 Å². The van der Waals surface area contributed by atoms with Crippen LogP contribution in [0.25, 0.3) is 10.8 Å². The molecule has 0 radical (unpaired) electrons. The molecule has 0 spiro atoms. The van der Waals surface area contributed by atoms with Gasteiger partial charge in [-0.2, -0.15) is 10.4 Å². The first kappa shape index (κ1) is 13.0. The molecule has 0 atom stereocenters. The third-order valence-corrected chi connectivity index (χ3v) is 3.30. The van der Waals surface area contributed by atoms with Crippen molar-refractivity contribution in [3.8, 4) is 6.07 Å². The van der Waals surface area contributed by atoms with Crippen LogP contribution in [0.5, 0.6) is 0 Å². The molecule has 102 valence electrons. The van der Waals surface area contributed by atoms with Gasteiger partial charge in [0.1, 0.15) is 11.9 Å². The highest BCUT2D eigenvalue weighted by Crippen LogP contribution is 2.17. The topological polar surface area (TPSA) is 69.5 Å². The maximum absolute atomic E-state index is 13.3. The molecule has 21 heavy (non-hydrogen) atoms. The Kier molecular flexibility index (Phi) is 3.20. The Morgan fingerprint density at radius 1 is 1.19 bits per heavy atom. The van der Waals surface area contributed by atoms with Crippen LogP contribution < -0.4 is 5.56 Å². The molecule has 0 saturated carbocycles. The largest absolute Gasteiger partial charge is 0.272 e. The van der Waals surface area contributed by atoms with Crippen LogP contribution >= 0.6 is 0 Å². The summed E-state index contributed by atoms with van der Waals surface area (Å²) in [4.78, 5) is 11.7. The van der Waals surface area contributed by atoms with E-state index in [1.807, 2.05) is 18.2 Å². The average molecular weight is 279 g/mol. The number of nitrogens with zero attached hydrogens (tertiary/aromatic N) is 2. The van der Waals surface area contributed by atoms with Gasteiger partial charge in [0.2, 0.25) is 0 Å². The van der Waals surface area contributed by atoms with Crippen molar-refractivity contribution in [1.29, 1.82) is 5.26 Å². The van der Waals surface area contributed by atoms with E-state index >= 15 is 0 Å². The molecule has 3 rings (SSSR count). The molecule has 0 amide bonds. The lowest BCUT2D eigenvalue weighted by Gasteiger charge is -2.05. The molecule has 2 aromatic carbocycles. The van der Waals surface area contributed by atoms with Crippen molar-refractivity contribution < 1.29 is 4.39 Å². The van der Waals surface area contributed by atoms with Crippen LogP contribution in [0.3, 0.4) is 0 Å². The molecule has 0 fully saturated rings. The Hall–Kier alpha value is -3.00. The fourth-order valence-electron chi connectivity index (χ4n) is 2.27. The normalized spacial score (nSPS) is 10.5. The first-order valence-electron chi connectivity index (χ1n) is 6.34. The van der Waals surface area contributed by atoms with E-state index in [1.165, 1.54) is 12.1 Å². The second-order valence-corrected chi connectivity index (χ2v) is 4.65. The van der Waals surface area contributed by atoms with E-state index < -0.39 is 5.82 Å². The zero-order valence-electron chi connectivity index (χ0n) is 10.9. The number of H-pyrrole nitrogens is 1. The standard InChI is InChI=1S/C16H10FN3O/c17-14-6-5-10(7-11(14)9-18)8-15-12-3-1-2-4-13(12)16(21)20-19-15/h1-7H,8H2,(H,20,21). The van der Waals surface area contributed by atoms with Gasteiger partial charge in [-0.25, -0.2) is 9.49 Å².